The van der Waals surface area contributed by atoms with Crippen LogP contribution in [0.2, 0.25) is 0 Å². The van der Waals surface area contributed by atoms with Crippen molar-refractivity contribution in [1.29, 1.82) is 0 Å². The molecule has 1 atom stereocenters. The van der Waals surface area contributed by atoms with Gasteiger partial charge in [-0.25, -0.2) is 4.99 Å². The van der Waals surface area contributed by atoms with Crippen molar-refractivity contribution >= 4 is 47.4 Å². The number of para-hydroxylation sites is 1. The van der Waals surface area contributed by atoms with Crippen molar-refractivity contribution in [1.82, 2.24) is 10.6 Å². The van der Waals surface area contributed by atoms with Gasteiger partial charge in [-0.15, -0.1) is 24.0 Å². The quantitative estimate of drug-likeness (QED) is 0.277. The maximum atomic E-state index is 11.9. The van der Waals surface area contributed by atoms with Crippen LogP contribution in [0.3, 0.4) is 0 Å². The van der Waals surface area contributed by atoms with Crippen molar-refractivity contribution < 1.29 is 14.0 Å². The van der Waals surface area contributed by atoms with Gasteiger partial charge in [0.15, 0.2) is 11.7 Å². The van der Waals surface area contributed by atoms with Gasteiger partial charge in [-0.2, -0.15) is 0 Å². The number of fused-ring (bicyclic) bond motifs is 1. The van der Waals surface area contributed by atoms with Crippen LogP contribution in [0.5, 0.6) is 0 Å². The van der Waals surface area contributed by atoms with Crippen molar-refractivity contribution in [2.24, 2.45) is 10.7 Å². The first-order chi connectivity index (χ1) is 13.1. The molecule has 0 saturated heterocycles. The van der Waals surface area contributed by atoms with E-state index in [0.717, 1.165) is 11.3 Å². The molecule has 8 nitrogen and oxygen atoms in total. The van der Waals surface area contributed by atoms with Crippen LogP contribution < -0.4 is 21.7 Å². The van der Waals surface area contributed by atoms with Gasteiger partial charge in [0, 0.05) is 31.1 Å². The highest BCUT2D eigenvalue weighted by Crippen LogP contribution is 2.31. The van der Waals surface area contributed by atoms with Crippen molar-refractivity contribution in [2.45, 2.75) is 25.8 Å². The fourth-order valence-corrected chi connectivity index (χ4v) is 3.00. The molecular formula is C19H24IN5O3. The first kappa shape index (κ1) is 21.7. The van der Waals surface area contributed by atoms with Crippen LogP contribution >= 0.6 is 24.0 Å². The summed E-state index contributed by atoms with van der Waals surface area (Å²) in [5, 5.41) is 9.34. The molecule has 1 aromatic carbocycles. The van der Waals surface area contributed by atoms with E-state index in [1.165, 1.54) is 6.07 Å². The molecule has 0 spiro atoms. The van der Waals surface area contributed by atoms with Crippen molar-refractivity contribution in [2.75, 3.05) is 18.4 Å². The summed E-state index contributed by atoms with van der Waals surface area (Å²) in [6, 6.07) is 11.0. The van der Waals surface area contributed by atoms with Crippen LogP contribution in [0.4, 0.5) is 5.69 Å². The van der Waals surface area contributed by atoms with Gasteiger partial charge in [0.2, 0.25) is 5.91 Å². The van der Waals surface area contributed by atoms with E-state index < -0.39 is 5.91 Å². The van der Waals surface area contributed by atoms with Gasteiger partial charge in [0.05, 0.1) is 0 Å². The molecule has 150 valence electrons. The minimum Gasteiger partial charge on any atom is -0.454 e. The molecular weight excluding hydrogens is 473 g/mol. The first-order valence-electron chi connectivity index (χ1n) is 8.86. The molecule has 28 heavy (non-hydrogen) atoms. The summed E-state index contributed by atoms with van der Waals surface area (Å²) in [7, 11) is 0. The number of halogens is 1. The number of hydrogen-bond acceptors (Lipinski definition) is 4. The highest BCUT2D eigenvalue weighted by atomic mass is 127. The molecule has 0 fully saturated rings. The van der Waals surface area contributed by atoms with E-state index in [-0.39, 0.29) is 48.1 Å². The lowest BCUT2D eigenvalue weighted by molar-refractivity contribution is -0.116. The predicted octanol–water partition coefficient (Wildman–Crippen LogP) is 2.18. The van der Waals surface area contributed by atoms with Gasteiger partial charge >= 0.3 is 0 Å². The number of amides is 2. The molecule has 2 heterocycles. The molecule has 9 heteroatoms. The number of guanidine groups is 1. The van der Waals surface area contributed by atoms with E-state index in [2.05, 4.69) is 20.9 Å². The van der Waals surface area contributed by atoms with Crippen molar-refractivity contribution in [3.63, 3.8) is 0 Å². The lowest BCUT2D eigenvalue weighted by Crippen LogP contribution is -2.40. The average Bonchev–Trinajstić information content (AvgIpc) is 3.13. The molecule has 3 rings (SSSR count). The van der Waals surface area contributed by atoms with Crippen LogP contribution in [-0.4, -0.2) is 30.9 Å². The smallest absolute Gasteiger partial charge is 0.284 e. The topological polar surface area (TPSA) is 122 Å². The Morgan fingerprint density at radius 3 is 2.79 bits per heavy atom. The number of benzene rings is 1. The maximum absolute atomic E-state index is 11.9. The van der Waals surface area contributed by atoms with Crippen LogP contribution in [0.25, 0.3) is 0 Å². The predicted molar refractivity (Wildman–Crippen MR) is 118 cm³/mol. The standard InChI is InChI=1S/C19H23N5O3.HI/c1-2-21-19(23-11-13-7-8-16(27-13)18(20)26)22-10-12-9-17(25)24-15-6-4-3-5-14(12)15;/h3-8,12H,2,9-11H2,1H3,(H2,20,26)(H,24,25)(H2,21,22,23);1H. The van der Waals surface area contributed by atoms with Gasteiger partial charge < -0.3 is 26.1 Å². The monoisotopic (exact) mass is 497 g/mol. The number of anilines is 1. The number of nitrogens with two attached hydrogens (primary N) is 1. The van der Waals surface area contributed by atoms with Crippen LogP contribution in [0.1, 0.15) is 41.1 Å². The number of furan rings is 1. The van der Waals surface area contributed by atoms with Gasteiger partial charge in [-0.3, -0.25) is 9.59 Å². The Balaban J connectivity index is 0.00000280. The lowest BCUT2D eigenvalue weighted by Gasteiger charge is -2.26. The Morgan fingerprint density at radius 1 is 1.29 bits per heavy atom. The second-order valence-corrected chi connectivity index (χ2v) is 6.24. The number of carbonyl (C=O) groups excluding carboxylic acids is 2. The second kappa shape index (κ2) is 10.1. The lowest BCUT2D eigenvalue weighted by atomic mass is 9.90. The largest absolute Gasteiger partial charge is 0.454 e. The Bertz CT molecular complexity index is 865. The van der Waals surface area contributed by atoms with E-state index in [0.29, 0.717) is 31.2 Å². The molecule has 0 saturated carbocycles. The Labute approximate surface area is 180 Å². The third kappa shape index (κ3) is 5.47. The Morgan fingerprint density at radius 2 is 2.07 bits per heavy atom. The average molecular weight is 497 g/mol. The molecule has 1 aliphatic rings. The summed E-state index contributed by atoms with van der Waals surface area (Å²) >= 11 is 0. The van der Waals surface area contributed by atoms with Gasteiger partial charge in [0.25, 0.3) is 5.91 Å². The zero-order valence-electron chi connectivity index (χ0n) is 15.5. The van der Waals surface area contributed by atoms with Crippen LogP contribution in [0.15, 0.2) is 45.8 Å². The van der Waals surface area contributed by atoms with Crippen LogP contribution in [-0.2, 0) is 11.3 Å². The molecule has 5 N–H and O–H groups in total. The van der Waals surface area contributed by atoms with Gasteiger partial charge in [-0.05, 0) is 30.7 Å². The number of primary amides is 1. The van der Waals surface area contributed by atoms with E-state index in [4.69, 9.17) is 10.2 Å². The van der Waals surface area contributed by atoms with E-state index in [1.54, 1.807) is 6.07 Å². The second-order valence-electron chi connectivity index (χ2n) is 6.24. The fourth-order valence-electron chi connectivity index (χ4n) is 3.00. The highest BCUT2D eigenvalue weighted by molar-refractivity contribution is 14.0. The first-order valence-corrected chi connectivity index (χ1v) is 8.86. The molecule has 0 bridgehead atoms. The number of nitrogens with zero attached hydrogens (tertiary/aromatic N) is 1. The minimum absolute atomic E-state index is 0. The fraction of sp³-hybridized carbons (Fsp3) is 0.316. The molecule has 0 aliphatic carbocycles. The summed E-state index contributed by atoms with van der Waals surface area (Å²) < 4.78 is 5.34. The summed E-state index contributed by atoms with van der Waals surface area (Å²) in [6.45, 7) is 3.50. The number of aliphatic imine (C=N–C) groups is 1. The summed E-state index contributed by atoms with van der Waals surface area (Å²) in [5.41, 5.74) is 7.15. The normalized spacial score (nSPS) is 15.8. The van der Waals surface area contributed by atoms with E-state index in [9.17, 15) is 9.59 Å². The summed E-state index contributed by atoms with van der Waals surface area (Å²) in [6.07, 6.45) is 0.420. The molecule has 0 radical (unpaired) electrons. The zero-order valence-corrected chi connectivity index (χ0v) is 17.9. The van der Waals surface area contributed by atoms with Crippen LogP contribution in [0, 0.1) is 0 Å². The minimum atomic E-state index is -0.607. The molecule has 1 aliphatic heterocycles. The molecule has 1 unspecified atom stereocenters. The van der Waals surface area contributed by atoms with Crippen molar-refractivity contribution in [3.8, 4) is 0 Å². The van der Waals surface area contributed by atoms with E-state index >= 15 is 0 Å². The maximum Gasteiger partial charge on any atom is 0.284 e. The van der Waals surface area contributed by atoms with Gasteiger partial charge in [0.1, 0.15) is 12.3 Å². The Kier molecular flexibility index (Phi) is 7.85. The zero-order chi connectivity index (χ0) is 19.2. The third-order valence-electron chi connectivity index (χ3n) is 4.26. The molecule has 2 aromatic rings. The SMILES string of the molecule is CCNC(=NCc1ccc(C(N)=O)o1)NCC1CC(=O)Nc2ccccc21.I. The third-order valence-corrected chi connectivity index (χ3v) is 4.26. The summed E-state index contributed by atoms with van der Waals surface area (Å²) in [4.78, 5) is 27.5. The van der Waals surface area contributed by atoms with Gasteiger partial charge in [-0.1, -0.05) is 18.2 Å². The summed E-state index contributed by atoms with van der Waals surface area (Å²) in [5.74, 6) is 0.731. The Hall–Kier alpha value is -2.56. The number of carbonyl (C=O) groups is 2. The number of rotatable bonds is 6. The molecule has 2 amide bonds. The van der Waals surface area contributed by atoms with E-state index in [1.807, 2.05) is 31.2 Å². The number of nitrogens with one attached hydrogen (secondary N) is 3. The number of hydrogen-bond donors (Lipinski definition) is 4. The van der Waals surface area contributed by atoms with Crippen molar-refractivity contribution in [3.05, 3.63) is 53.5 Å². The molecule has 1 aromatic heterocycles. The highest BCUT2D eigenvalue weighted by Gasteiger charge is 2.24.